The van der Waals surface area contributed by atoms with Crippen LogP contribution in [0.1, 0.15) is 122 Å². The minimum atomic E-state index is -2.53. The molecule has 1 saturated carbocycles. The van der Waals surface area contributed by atoms with Crippen LogP contribution in [-0.2, 0) is 46.0 Å². The summed E-state index contributed by atoms with van der Waals surface area (Å²) in [6.45, 7) is 14.9. The molecule has 6 aliphatic rings. The average Bonchev–Trinajstić information content (AvgIpc) is 1.44. The van der Waals surface area contributed by atoms with Crippen molar-refractivity contribution in [1.82, 2.24) is 31.0 Å². The van der Waals surface area contributed by atoms with Crippen LogP contribution in [0.5, 0.6) is 5.75 Å². The predicted molar refractivity (Wildman–Crippen MR) is 332 cm³/mol. The fourth-order valence-corrected chi connectivity index (χ4v) is 18.2. The van der Waals surface area contributed by atoms with Crippen molar-refractivity contribution in [2.24, 2.45) is 29.1 Å². The number of H-pyrrole nitrogens is 1. The number of likely N-dealkylation sites (N-methyl/N-ethyl adjacent to an activating group) is 1. The highest BCUT2D eigenvalue weighted by Crippen LogP contribution is 2.68. The maximum absolute atomic E-state index is 15.2. The third kappa shape index (κ3) is 11.5. The van der Waals surface area contributed by atoms with Gasteiger partial charge in [0.05, 0.1) is 30.7 Å². The number of anilines is 1. The van der Waals surface area contributed by atoms with Crippen LogP contribution in [0, 0.1) is 53.8 Å². The number of rotatable bonds is 22. The first-order chi connectivity index (χ1) is 40.9. The number of hydrogen-bond acceptors (Lipinski definition) is 16. The summed E-state index contributed by atoms with van der Waals surface area (Å²) in [5, 5.41) is 52.5. The Bertz CT molecular complexity index is 3250. The van der Waals surface area contributed by atoms with E-state index in [1.54, 1.807) is 21.0 Å². The zero-order valence-electron chi connectivity index (χ0n) is 50.8. The smallest absolute Gasteiger partial charge is 0.426 e. The molecule has 8 N–H and O–H groups in total. The average molecular weight is 1220 g/mol. The summed E-state index contributed by atoms with van der Waals surface area (Å²) in [7, 11) is 5.85. The van der Waals surface area contributed by atoms with Gasteiger partial charge in [0.25, 0.3) is 5.91 Å². The van der Waals surface area contributed by atoms with E-state index in [4.69, 9.17) is 22.3 Å². The zero-order chi connectivity index (χ0) is 62.3. The Morgan fingerprint density at radius 3 is 2.37 bits per heavy atom. The Hall–Kier alpha value is -6.04. The van der Waals surface area contributed by atoms with E-state index >= 15 is 4.79 Å². The normalized spacial score (nSPS) is 30.4. The lowest BCUT2D eigenvalue weighted by Crippen LogP contribution is -2.82. The minimum absolute atomic E-state index is 0.0147. The molecule has 3 fully saturated rings. The lowest BCUT2D eigenvalue weighted by atomic mass is 9.47. The number of hydrogen-bond donors (Lipinski definition) is 8. The number of carbonyl (C=O) groups excluding carboxylic acids is 5. The fraction of sp³-hybridized carbons (Fsp3) is 0.600. The fourth-order valence-electron chi connectivity index (χ4n) is 16.0. The number of amides is 3. The molecule has 1 unspecified atom stereocenters. The Morgan fingerprint density at radius 2 is 1.67 bits per heavy atom. The molecule has 9 rings (SSSR count). The summed E-state index contributed by atoms with van der Waals surface area (Å²) in [5.74, 6) is -0.214. The molecule has 1 aromatic heterocycles. The second kappa shape index (κ2) is 25.6. The van der Waals surface area contributed by atoms with E-state index in [1.807, 2.05) is 37.9 Å². The molecule has 464 valence electrons. The molecule has 21 heteroatoms. The number of nitrogens with one attached hydrogen (secondary N) is 4. The molecule has 2 aromatic carbocycles. The number of carboxylic acids is 1. The number of aliphatic carboxylic acids is 1. The minimum Gasteiger partial charge on any atom is -0.496 e. The second-order valence-electron chi connectivity index (χ2n) is 25.5. The van der Waals surface area contributed by atoms with E-state index in [2.05, 4.69) is 87.0 Å². The summed E-state index contributed by atoms with van der Waals surface area (Å²) in [6, 6.07) is 10.2. The standard InChI is InChI=1S/C65H85N7O12S2/c1-11-17-39(6)50(73)27-40(7)54(75)67-48(18-12-2)51(74)28-42(55(76)77)36-86-85-26-25-84-60(80)69-68-59(79)65(82)57-64(22-24-72-34-38(5)31-63(14-4,56(64)72)58(65)78)45-29-46(52(83-10)30-49(45)70(57)9)61(8)32-41-33-62(81,13-3)37-71(35-41)23-21-44-43-19-15-16-20-47(43)66-53(44)61/h1-2,15-16,19-20,29-31,39-42,48,56-58,66,78,81-82H,13-14,17-18,21-28,32-37H2,3-10H3,(H,67,75)(H,68,79)(H,69,80)(H,76,77)/t39-,40+,41-,42-,48-,56-,57+,58+,61+,62-,63+,64+,65-/m0/s1. The summed E-state index contributed by atoms with van der Waals surface area (Å²) in [6.07, 6.45) is 13.4. The molecule has 5 aliphatic heterocycles. The van der Waals surface area contributed by atoms with Gasteiger partial charge in [0.2, 0.25) is 5.91 Å². The summed E-state index contributed by atoms with van der Waals surface area (Å²) in [5.41, 5.74) is 5.64. The number of carboxylic acid groups (broad SMARTS) is 1. The van der Waals surface area contributed by atoms with Crippen LogP contribution in [0.25, 0.3) is 10.9 Å². The third-order valence-corrected chi connectivity index (χ3v) is 22.5. The van der Waals surface area contributed by atoms with Gasteiger partial charge in [0.1, 0.15) is 24.2 Å². The molecule has 3 amide bonds. The van der Waals surface area contributed by atoms with Crippen LogP contribution >= 0.6 is 21.6 Å². The first-order valence-electron chi connectivity index (χ1n) is 30.2. The number of methoxy groups -OCH3 is 1. The van der Waals surface area contributed by atoms with E-state index in [9.17, 15) is 44.4 Å². The van der Waals surface area contributed by atoms with E-state index in [1.165, 1.54) is 16.4 Å². The van der Waals surface area contributed by atoms with Crippen LogP contribution < -0.4 is 25.8 Å². The highest BCUT2D eigenvalue weighted by atomic mass is 33.1. The zero-order valence-corrected chi connectivity index (χ0v) is 52.4. The molecule has 1 spiro atoms. The summed E-state index contributed by atoms with van der Waals surface area (Å²) >= 11 is 0. The van der Waals surface area contributed by atoms with Crippen molar-refractivity contribution >= 4 is 73.6 Å². The number of terminal acetylenes is 2. The van der Waals surface area contributed by atoms with Crippen LogP contribution in [0.3, 0.4) is 0 Å². The van der Waals surface area contributed by atoms with Crippen LogP contribution in [0.4, 0.5) is 10.5 Å². The molecule has 14 atom stereocenters. The number of piperidine rings is 1. The molecule has 2 saturated heterocycles. The van der Waals surface area contributed by atoms with E-state index in [-0.39, 0.29) is 55.1 Å². The number of fused-ring (bicyclic) bond motifs is 6. The van der Waals surface area contributed by atoms with Crippen molar-refractivity contribution in [1.29, 1.82) is 0 Å². The Kier molecular flexibility index (Phi) is 19.2. The van der Waals surface area contributed by atoms with Crippen molar-refractivity contribution in [2.75, 3.05) is 69.9 Å². The quantitative estimate of drug-likeness (QED) is 0.0187. The molecule has 1 aliphatic carbocycles. The number of aliphatic hydroxyl groups is 3. The monoisotopic (exact) mass is 1220 g/mol. The number of aromatic nitrogens is 1. The van der Waals surface area contributed by atoms with Gasteiger partial charge in [-0.3, -0.25) is 39.2 Å². The number of ether oxygens (including phenoxy) is 2. The van der Waals surface area contributed by atoms with Gasteiger partial charge in [-0.25, -0.2) is 10.2 Å². The summed E-state index contributed by atoms with van der Waals surface area (Å²) < 4.78 is 11.9. The maximum Gasteiger partial charge on any atom is 0.426 e. The van der Waals surface area contributed by atoms with Crippen molar-refractivity contribution < 1.29 is 58.7 Å². The summed E-state index contributed by atoms with van der Waals surface area (Å²) in [4.78, 5) is 90.4. The number of hydrazine groups is 1. The van der Waals surface area contributed by atoms with Crippen LogP contribution in [0.15, 0.2) is 48.0 Å². The topological polar surface area (TPSA) is 263 Å². The molecule has 3 aromatic rings. The van der Waals surface area contributed by atoms with Crippen LogP contribution in [0.2, 0.25) is 0 Å². The van der Waals surface area contributed by atoms with Crippen LogP contribution in [-0.4, -0.2) is 171 Å². The number of para-hydroxylation sites is 1. The molecule has 0 radical (unpaired) electrons. The molecular weight excluding hydrogens is 1130 g/mol. The molecule has 86 heavy (non-hydrogen) atoms. The maximum atomic E-state index is 15.2. The van der Waals surface area contributed by atoms with Gasteiger partial charge < -0.3 is 45.1 Å². The number of aliphatic hydroxyl groups excluding tert-OH is 1. The first kappa shape index (κ1) is 64.4. The molecular formula is C65H85N7O12S2. The number of nitrogens with zero attached hydrogens (tertiary/aromatic N) is 3. The lowest BCUT2D eigenvalue weighted by Gasteiger charge is -2.63. The van der Waals surface area contributed by atoms with E-state index in [0.29, 0.717) is 57.5 Å². The molecule has 2 bridgehead atoms. The third-order valence-electron chi connectivity index (χ3n) is 20.0. The van der Waals surface area contributed by atoms with Crippen molar-refractivity contribution in [2.45, 2.75) is 152 Å². The Labute approximate surface area is 512 Å². The number of carbonyl (C=O) groups is 6. The molecule has 6 heterocycles. The number of ketones is 2. The van der Waals surface area contributed by atoms with Gasteiger partial charge >= 0.3 is 12.1 Å². The highest BCUT2D eigenvalue weighted by molar-refractivity contribution is 8.76. The molecule has 19 nitrogen and oxygen atoms in total. The van der Waals surface area contributed by atoms with E-state index < -0.39 is 99.5 Å². The number of benzene rings is 2. The highest BCUT2D eigenvalue weighted by Gasteiger charge is 2.79. The lowest BCUT2D eigenvalue weighted by molar-refractivity contribution is -0.204. The van der Waals surface area contributed by atoms with Gasteiger partial charge in [0, 0.05) is 138 Å². The predicted octanol–water partition coefficient (Wildman–Crippen LogP) is 6.05. The van der Waals surface area contributed by atoms with Gasteiger partial charge in [-0.15, -0.1) is 24.7 Å². The number of aromatic amines is 1. The van der Waals surface area contributed by atoms with Crippen molar-refractivity contribution in [3.05, 3.63) is 70.4 Å². The number of Topliss-reactive ketones (excluding diaryl/α,β-unsaturated/α-hetero) is 2. The Balaban J connectivity index is 0.919. The van der Waals surface area contributed by atoms with Gasteiger partial charge in [-0.05, 0) is 88.1 Å². The van der Waals surface area contributed by atoms with Gasteiger partial charge in [0.15, 0.2) is 11.4 Å². The van der Waals surface area contributed by atoms with E-state index in [0.717, 1.165) is 69.3 Å². The van der Waals surface area contributed by atoms with Crippen molar-refractivity contribution in [3.8, 4) is 30.4 Å². The van der Waals surface area contributed by atoms with Gasteiger partial charge in [-0.1, -0.05) is 79.1 Å². The largest absolute Gasteiger partial charge is 0.496 e. The first-order valence-corrected chi connectivity index (χ1v) is 32.6. The van der Waals surface area contributed by atoms with Crippen molar-refractivity contribution in [3.63, 3.8) is 0 Å². The van der Waals surface area contributed by atoms with Gasteiger partial charge in [-0.2, -0.15) is 0 Å². The SMILES string of the molecule is C#CC[C@H](NC(=O)[C@H](C)CC(=O)[C@@H](C)CC#C)C(=O)C[C@@H](CSSCCOC(=O)NNC(=O)[C@@]1(O)[C@H](O)[C@]2(CC)C=C(C)CN3CC[C@@]4(c5cc([C@@]6(C)C[C@@H]7CN(CCc8c6[nH]c6ccccc86)C[C@](O)(CC)C7)c(OC)cc5N(C)[C@@H]14)[C@@H]32)C(=O)O. The second-order valence-corrected chi connectivity index (χ2v) is 28.1. The Morgan fingerprint density at radius 1 is 0.930 bits per heavy atom.